The van der Waals surface area contributed by atoms with Crippen LogP contribution in [-0.2, 0) is 11.3 Å². The highest BCUT2D eigenvalue weighted by molar-refractivity contribution is 8.00. The van der Waals surface area contributed by atoms with Gasteiger partial charge in [-0.3, -0.25) is 10.1 Å². The van der Waals surface area contributed by atoms with Crippen molar-refractivity contribution in [2.75, 3.05) is 0 Å². The van der Waals surface area contributed by atoms with Gasteiger partial charge in [0.2, 0.25) is 5.91 Å². The van der Waals surface area contributed by atoms with E-state index in [9.17, 15) is 9.59 Å². The Hall–Kier alpha value is -2.35. The number of hydrogen-bond acceptors (Lipinski definition) is 5. The average molecular weight is 390 g/mol. The van der Waals surface area contributed by atoms with Crippen LogP contribution in [0.25, 0.3) is 11.4 Å². The molecule has 3 amide bonds. The van der Waals surface area contributed by atoms with E-state index >= 15 is 0 Å². The molecule has 1 atom stereocenters. The third-order valence-electron chi connectivity index (χ3n) is 3.80. The number of carbonyl (C=O) groups is 2. The van der Waals surface area contributed by atoms with Crippen LogP contribution in [0.5, 0.6) is 0 Å². The highest BCUT2D eigenvalue weighted by atomic mass is 32.2. The molecule has 2 N–H and O–H groups in total. The van der Waals surface area contributed by atoms with Gasteiger partial charge in [-0.25, -0.2) is 4.79 Å². The van der Waals surface area contributed by atoms with E-state index in [0.717, 1.165) is 17.0 Å². The maximum absolute atomic E-state index is 12.3. The van der Waals surface area contributed by atoms with Crippen molar-refractivity contribution in [2.45, 2.75) is 64.0 Å². The van der Waals surface area contributed by atoms with Crippen LogP contribution in [0.1, 0.15) is 40.2 Å². The minimum absolute atomic E-state index is 0.371. The number of amides is 3. The van der Waals surface area contributed by atoms with Crippen LogP contribution in [0.15, 0.2) is 29.4 Å². The first-order valence-electron chi connectivity index (χ1n) is 8.91. The van der Waals surface area contributed by atoms with E-state index in [1.807, 2.05) is 63.5 Å². The number of nitrogens with zero attached hydrogens (tertiary/aromatic N) is 3. The Balaban J connectivity index is 2.12. The number of aryl methyl sites for hydroxylation is 1. The van der Waals surface area contributed by atoms with Crippen molar-refractivity contribution < 1.29 is 9.59 Å². The van der Waals surface area contributed by atoms with Gasteiger partial charge in [-0.05, 0) is 47.1 Å². The fraction of sp³-hybridized carbons (Fsp3) is 0.474. The van der Waals surface area contributed by atoms with Crippen molar-refractivity contribution >= 4 is 23.7 Å². The van der Waals surface area contributed by atoms with Crippen molar-refractivity contribution in [1.82, 2.24) is 25.4 Å². The largest absolute Gasteiger partial charge is 0.333 e. The van der Waals surface area contributed by atoms with Gasteiger partial charge in [0.15, 0.2) is 11.0 Å². The second-order valence-electron chi connectivity index (χ2n) is 7.32. The zero-order valence-corrected chi connectivity index (χ0v) is 17.5. The quantitative estimate of drug-likeness (QED) is 0.765. The summed E-state index contributed by atoms with van der Waals surface area (Å²) in [5.74, 6) is 0.404. The zero-order chi connectivity index (χ0) is 20.2. The summed E-state index contributed by atoms with van der Waals surface area (Å²) in [5, 5.41) is 13.8. The Morgan fingerprint density at radius 1 is 1.22 bits per heavy atom. The first kappa shape index (κ1) is 21.0. The summed E-state index contributed by atoms with van der Waals surface area (Å²) in [5.41, 5.74) is 1.71. The number of aromatic nitrogens is 3. The average Bonchev–Trinajstić information content (AvgIpc) is 2.95. The van der Waals surface area contributed by atoms with Gasteiger partial charge in [0, 0.05) is 17.6 Å². The number of rotatable bonds is 5. The molecule has 1 aromatic heterocycles. The number of imide groups is 1. The highest BCUT2D eigenvalue weighted by Gasteiger charge is 2.23. The molecule has 7 nitrogen and oxygen atoms in total. The van der Waals surface area contributed by atoms with Gasteiger partial charge >= 0.3 is 6.03 Å². The van der Waals surface area contributed by atoms with Crippen LogP contribution < -0.4 is 10.6 Å². The van der Waals surface area contributed by atoms with Crippen molar-refractivity contribution in [3.05, 3.63) is 29.8 Å². The summed E-state index contributed by atoms with van der Waals surface area (Å²) in [4.78, 5) is 24.2. The number of nitrogens with one attached hydrogen (secondary N) is 2. The summed E-state index contributed by atoms with van der Waals surface area (Å²) in [7, 11) is 0. The standard InChI is InChI=1S/C19H27N5O2S/c1-7-24-15(14-11-9-8-10-12(14)2)22-23-18(24)27-13(3)16(25)20-17(26)21-19(4,5)6/h8-11,13H,7H2,1-6H3,(H2,20,21,25,26)/t13-/m1/s1. The number of benzene rings is 1. The lowest BCUT2D eigenvalue weighted by Gasteiger charge is -2.21. The first-order valence-corrected chi connectivity index (χ1v) is 9.79. The van der Waals surface area contributed by atoms with Gasteiger partial charge in [0.1, 0.15) is 0 Å². The molecule has 0 saturated carbocycles. The van der Waals surface area contributed by atoms with Crippen LogP contribution in [0.3, 0.4) is 0 Å². The predicted octanol–water partition coefficient (Wildman–Crippen LogP) is 3.38. The molecule has 27 heavy (non-hydrogen) atoms. The van der Waals surface area contributed by atoms with Gasteiger partial charge < -0.3 is 9.88 Å². The molecule has 1 aromatic carbocycles. The monoisotopic (exact) mass is 389 g/mol. The summed E-state index contributed by atoms with van der Waals surface area (Å²) >= 11 is 1.28. The van der Waals surface area contributed by atoms with Gasteiger partial charge in [0.05, 0.1) is 5.25 Å². The van der Waals surface area contributed by atoms with E-state index in [1.54, 1.807) is 6.92 Å². The molecule has 2 rings (SSSR count). The van der Waals surface area contributed by atoms with Crippen molar-refractivity contribution in [2.24, 2.45) is 0 Å². The molecule has 0 spiro atoms. The van der Waals surface area contributed by atoms with E-state index in [1.165, 1.54) is 11.8 Å². The second-order valence-corrected chi connectivity index (χ2v) is 8.63. The Labute approximate surface area is 164 Å². The maximum atomic E-state index is 12.3. The molecule has 2 aromatic rings. The van der Waals surface area contributed by atoms with E-state index < -0.39 is 16.8 Å². The lowest BCUT2D eigenvalue weighted by molar-refractivity contribution is -0.119. The van der Waals surface area contributed by atoms with Crippen molar-refractivity contribution in [1.29, 1.82) is 0 Å². The number of thioether (sulfide) groups is 1. The fourth-order valence-corrected chi connectivity index (χ4v) is 3.39. The Bertz CT molecular complexity index is 826. The van der Waals surface area contributed by atoms with Crippen LogP contribution in [-0.4, -0.2) is 37.5 Å². The molecule has 0 aliphatic rings. The van der Waals surface area contributed by atoms with E-state index in [0.29, 0.717) is 11.7 Å². The molecule has 0 saturated heterocycles. The second kappa shape index (κ2) is 8.56. The zero-order valence-electron chi connectivity index (χ0n) is 16.7. The minimum atomic E-state index is -0.502. The number of carbonyl (C=O) groups excluding carboxylic acids is 2. The number of hydrogen-bond donors (Lipinski definition) is 2. The third-order valence-corrected chi connectivity index (χ3v) is 4.88. The normalized spacial score (nSPS) is 12.5. The molecule has 0 aliphatic heterocycles. The third kappa shape index (κ3) is 5.56. The van der Waals surface area contributed by atoms with Crippen molar-refractivity contribution in [3.8, 4) is 11.4 Å². The van der Waals surface area contributed by atoms with Gasteiger partial charge in [-0.2, -0.15) is 0 Å². The number of urea groups is 1. The maximum Gasteiger partial charge on any atom is 0.321 e. The van der Waals surface area contributed by atoms with E-state index in [2.05, 4.69) is 20.8 Å². The predicted molar refractivity (Wildman–Crippen MR) is 108 cm³/mol. The topological polar surface area (TPSA) is 88.9 Å². The lowest BCUT2D eigenvalue weighted by atomic mass is 10.1. The van der Waals surface area contributed by atoms with Crippen LogP contribution in [0, 0.1) is 6.92 Å². The molecular weight excluding hydrogens is 362 g/mol. The van der Waals surface area contributed by atoms with Crippen LogP contribution in [0.2, 0.25) is 0 Å². The smallest absolute Gasteiger partial charge is 0.321 e. The Morgan fingerprint density at radius 3 is 2.48 bits per heavy atom. The highest BCUT2D eigenvalue weighted by Crippen LogP contribution is 2.28. The summed E-state index contributed by atoms with van der Waals surface area (Å²) in [6, 6.07) is 7.48. The summed E-state index contributed by atoms with van der Waals surface area (Å²) < 4.78 is 1.98. The van der Waals surface area contributed by atoms with E-state index in [-0.39, 0.29) is 5.91 Å². The molecular formula is C19H27N5O2S. The van der Waals surface area contributed by atoms with Crippen LogP contribution in [0.4, 0.5) is 4.79 Å². The SMILES string of the molecule is CCn1c(S[C@H](C)C(=O)NC(=O)NC(C)(C)C)nnc1-c1ccccc1C. The minimum Gasteiger partial charge on any atom is -0.333 e. The fourth-order valence-electron chi connectivity index (χ4n) is 2.48. The molecule has 1 heterocycles. The van der Waals surface area contributed by atoms with E-state index in [4.69, 9.17) is 0 Å². The first-order chi connectivity index (χ1) is 12.6. The summed E-state index contributed by atoms with van der Waals surface area (Å²) in [6.45, 7) is 12.0. The molecule has 0 unspecified atom stereocenters. The Kier molecular flexibility index (Phi) is 6.64. The van der Waals surface area contributed by atoms with Crippen LogP contribution >= 0.6 is 11.8 Å². The van der Waals surface area contributed by atoms with Gasteiger partial charge in [-0.15, -0.1) is 10.2 Å². The van der Waals surface area contributed by atoms with Gasteiger partial charge in [-0.1, -0.05) is 36.0 Å². The molecule has 146 valence electrons. The lowest BCUT2D eigenvalue weighted by Crippen LogP contribution is -2.49. The van der Waals surface area contributed by atoms with Crippen molar-refractivity contribution in [3.63, 3.8) is 0 Å². The Morgan fingerprint density at radius 2 is 1.89 bits per heavy atom. The summed E-state index contributed by atoms with van der Waals surface area (Å²) in [6.07, 6.45) is 0. The molecule has 0 radical (unpaired) electrons. The molecule has 0 aliphatic carbocycles. The van der Waals surface area contributed by atoms with Gasteiger partial charge in [0.25, 0.3) is 0 Å². The molecule has 8 heteroatoms. The molecule has 0 fully saturated rings. The molecule has 0 bridgehead atoms.